The van der Waals surface area contributed by atoms with Crippen LogP contribution in [-0.4, -0.2) is 24.0 Å². The highest BCUT2D eigenvalue weighted by Crippen LogP contribution is 2.25. The Morgan fingerprint density at radius 1 is 1.32 bits per heavy atom. The monoisotopic (exact) mass is 264 g/mol. The van der Waals surface area contributed by atoms with Crippen LogP contribution in [0.15, 0.2) is 10.5 Å². The van der Waals surface area contributed by atoms with Gasteiger partial charge in [0, 0.05) is 19.1 Å². The van der Waals surface area contributed by atoms with Gasteiger partial charge in [0.2, 0.25) is 0 Å². The summed E-state index contributed by atoms with van der Waals surface area (Å²) in [4.78, 5) is 2.51. The molecule has 2 rings (SSSR count). The van der Waals surface area contributed by atoms with Gasteiger partial charge in [0.15, 0.2) is 0 Å². The Balaban J connectivity index is 1.93. The number of hydrogen-bond acceptors (Lipinski definition) is 3. The molecule has 1 aliphatic rings. The molecule has 19 heavy (non-hydrogen) atoms. The van der Waals surface area contributed by atoms with Gasteiger partial charge in [0.25, 0.3) is 0 Å². The first-order valence-corrected chi connectivity index (χ1v) is 7.49. The molecule has 1 saturated heterocycles. The summed E-state index contributed by atoms with van der Waals surface area (Å²) < 4.78 is 5.99. The van der Waals surface area contributed by atoms with Crippen molar-refractivity contribution in [2.75, 3.05) is 13.1 Å². The molecule has 1 N–H and O–H groups in total. The maximum atomic E-state index is 5.99. The van der Waals surface area contributed by atoms with Gasteiger partial charge < -0.3 is 9.73 Å². The molecule has 0 aromatic carbocycles. The Hall–Kier alpha value is -0.800. The normalized spacial score (nSPS) is 24.5. The van der Waals surface area contributed by atoms with E-state index in [4.69, 9.17) is 4.42 Å². The van der Waals surface area contributed by atoms with Crippen LogP contribution >= 0.6 is 0 Å². The van der Waals surface area contributed by atoms with Gasteiger partial charge in [0.05, 0.1) is 13.1 Å². The maximum Gasteiger partial charge on any atom is 0.120 e. The average Bonchev–Trinajstić information content (AvgIpc) is 2.80. The van der Waals surface area contributed by atoms with Crippen molar-refractivity contribution in [3.05, 3.63) is 23.2 Å². The van der Waals surface area contributed by atoms with E-state index in [9.17, 15) is 0 Å². The standard InChI is InChI=1S/C16H28N2O/c1-11(2)17-7-16-12(3)6-15(19-16)10-18-8-13(4)14(5)9-18/h6,11,13-14,17H,7-10H2,1-5H3. The van der Waals surface area contributed by atoms with Crippen LogP contribution in [-0.2, 0) is 13.1 Å². The highest BCUT2D eigenvalue weighted by Gasteiger charge is 2.26. The summed E-state index contributed by atoms with van der Waals surface area (Å²) in [7, 11) is 0. The van der Waals surface area contributed by atoms with Gasteiger partial charge in [-0.2, -0.15) is 0 Å². The Bertz CT molecular complexity index is 401. The van der Waals surface area contributed by atoms with E-state index < -0.39 is 0 Å². The molecule has 1 aromatic rings. The Labute approximate surface area is 117 Å². The maximum absolute atomic E-state index is 5.99. The van der Waals surface area contributed by atoms with E-state index in [1.165, 1.54) is 18.7 Å². The molecule has 0 saturated carbocycles. The SMILES string of the molecule is Cc1cc(CN2CC(C)C(C)C2)oc1CNC(C)C. The molecule has 0 bridgehead atoms. The highest BCUT2D eigenvalue weighted by atomic mass is 16.3. The van der Waals surface area contributed by atoms with Crippen molar-refractivity contribution in [1.82, 2.24) is 10.2 Å². The zero-order valence-corrected chi connectivity index (χ0v) is 13.0. The van der Waals surface area contributed by atoms with Crippen LogP contribution in [0.2, 0.25) is 0 Å². The first kappa shape index (κ1) is 14.6. The number of aryl methyl sites for hydroxylation is 1. The quantitative estimate of drug-likeness (QED) is 0.885. The van der Waals surface area contributed by atoms with Crippen molar-refractivity contribution in [3.8, 4) is 0 Å². The van der Waals surface area contributed by atoms with Crippen molar-refractivity contribution < 1.29 is 4.42 Å². The van der Waals surface area contributed by atoms with Crippen LogP contribution in [0.3, 0.4) is 0 Å². The lowest BCUT2D eigenvalue weighted by molar-refractivity contribution is 0.280. The molecule has 0 spiro atoms. The van der Waals surface area contributed by atoms with Crippen molar-refractivity contribution in [1.29, 1.82) is 0 Å². The predicted octanol–water partition coefficient (Wildman–Crippen LogP) is 3.17. The first-order valence-electron chi connectivity index (χ1n) is 7.49. The zero-order chi connectivity index (χ0) is 14.0. The number of nitrogens with one attached hydrogen (secondary N) is 1. The largest absolute Gasteiger partial charge is 0.463 e. The Kier molecular flexibility index (Phi) is 4.69. The fourth-order valence-electron chi connectivity index (χ4n) is 2.74. The number of nitrogens with zero attached hydrogens (tertiary/aromatic N) is 1. The van der Waals surface area contributed by atoms with Gasteiger partial charge in [-0.15, -0.1) is 0 Å². The molecular formula is C16H28N2O. The summed E-state index contributed by atoms with van der Waals surface area (Å²) in [5, 5.41) is 3.42. The summed E-state index contributed by atoms with van der Waals surface area (Å²) >= 11 is 0. The van der Waals surface area contributed by atoms with Crippen LogP contribution in [0, 0.1) is 18.8 Å². The lowest BCUT2D eigenvalue weighted by atomic mass is 10.0. The third kappa shape index (κ3) is 3.83. The van der Waals surface area contributed by atoms with E-state index in [-0.39, 0.29) is 0 Å². The molecule has 0 radical (unpaired) electrons. The summed E-state index contributed by atoms with van der Waals surface area (Å²) in [6.07, 6.45) is 0. The second-order valence-corrected chi connectivity index (χ2v) is 6.50. The second-order valence-electron chi connectivity index (χ2n) is 6.50. The third-order valence-corrected chi connectivity index (χ3v) is 4.19. The molecule has 1 aliphatic heterocycles. The minimum absolute atomic E-state index is 0.494. The van der Waals surface area contributed by atoms with Crippen molar-refractivity contribution in [3.63, 3.8) is 0 Å². The number of rotatable bonds is 5. The molecule has 1 aromatic heterocycles. The van der Waals surface area contributed by atoms with Gasteiger partial charge in [-0.25, -0.2) is 0 Å². The summed E-state index contributed by atoms with van der Waals surface area (Å²) in [6.45, 7) is 15.3. The van der Waals surface area contributed by atoms with Crippen molar-refractivity contribution >= 4 is 0 Å². The first-order chi connectivity index (χ1) is 8.95. The van der Waals surface area contributed by atoms with Crippen LogP contribution in [0.5, 0.6) is 0 Å². The topological polar surface area (TPSA) is 28.4 Å². The van der Waals surface area contributed by atoms with E-state index in [0.29, 0.717) is 6.04 Å². The van der Waals surface area contributed by atoms with Crippen molar-refractivity contribution in [2.24, 2.45) is 11.8 Å². The van der Waals surface area contributed by atoms with Crippen LogP contribution in [0.4, 0.5) is 0 Å². The molecule has 1 fully saturated rings. The third-order valence-electron chi connectivity index (χ3n) is 4.19. The molecule has 108 valence electrons. The van der Waals surface area contributed by atoms with Crippen LogP contribution < -0.4 is 5.32 Å². The molecule has 0 aliphatic carbocycles. The molecule has 3 heteroatoms. The molecule has 3 nitrogen and oxygen atoms in total. The van der Waals surface area contributed by atoms with Gasteiger partial charge >= 0.3 is 0 Å². The highest BCUT2D eigenvalue weighted by molar-refractivity contribution is 5.20. The predicted molar refractivity (Wildman–Crippen MR) is 79.0 cm³/mol. The summed E-state index contributed by atoms with van der Waals surface area (Å²) in [6, 6.07) is 2.69. The van der Waals surface area contributed by atoms with Gasteiger partial charge in [-0.3, -0.25) is 4.90 Å². The van der Waals surface area contributed by atoms with E-state index in [1.54, 1.807) is 0 Å². The molecule has 2 heterocycles. The fraction of sp³-hybridized carbons (Fsp3) is 0.750. The van der Waals surface area contributed by atoms with E-state index >= 15 is 0 Å². The second kappa shape index (κ2) is 6.10. The minimum Gasteiger partial charge on any atom is -0.463 e. The lowest BCUT2D eigenvalue weighted by Crippen LogP contribution is -2.22. The summed E-state index contributed by atoms with van der Waals surface area (Å²) in [5.41, 5.74) is 1.27. The number of likely N-dealkylation sites (tertiary alicyclic amines) is 1. The van der Waals surface area contributed by atoms with Gasteiger partial charge in [0.1, 0.15) is 11.5 Å². The average molecular weight is 264 g/mol. The van der Waals surface area contributed by atoms with Crippen molar-refractivity contribution in [2.45, 2.75) is 53.8 Å². The summed E-state index contributed by atoms with van der Waals surface area (Å²) in [5.74, 6) is 3.81. The number of furan rings is 1. The fourth-order valence-corrected chi connectivity index (χ4v) is 2.74. The molecular weight excluding hydrogens is 236 g/mol. The lowest BCUT2D eigenvalue weighted by Gasteiger charge is -2.13. The Morgan fingerprint density at radius 3 is 2.53 bits per heavy atom. The zero-order valence-electron chi connectivity index (χ0n) is 13.0. The van der Waals surface area contributed by atoms with E-state index in [1.807, 2.05) is 0 Å². The molecule has 0 amide bonds. The molecule has 2 unspecified atom stereocenters. The van der Waals surface area contributed by atoms with Gasteiger partial charge in [-0.05, 0) is 30.4 Å². The van der Waals surface area contributed by atoms with Crippen LogP contribution in [0.25, 0.3) is 0 Å². The molecule has 2 atom stereocenters. The van der Waals surface area contributed by atoms with E-state index in [0.717, 1.165) is 36.4 Å². The number of hydrogen-bond donors (Lipinski definition) is 1. The van der Waals surface area contributed by atoms with E-state index in [2.05, 4.69) is 50.9 Å². The minimum atomic E-state index is 0.494. The Morgan fingerprint density at radius 2 is 1.95 bits per heavy atom. The van der Waals surface area contributed by atoms with Gasteiger partial charge in [-0.1, -0.05) is 27.7 Å². The van der Waals surface area contributed by atoms with Crippen LogP contribution in [0.1, 0.15) is 44.8 Å². The smallest absolute Gasteiger partial charge is 0.120 e.